The number of alkyl halides is 9. The number of hydrogen-bond acceptors (Lipinski definition) is 5. The summed E-state index contributed by atoms with van der Waals surface area (Å²) < 4.78 is 148. The number of nitrogens with one attached hydrogen (secondary N) is 1. The molecule has 0 unspecified atom stereocenters. The molecule has 4 aromatic carbocycles. The van der Waals surface area contributed by atoms with Gasteiger partial charge in [-0.05, 0) is 85.1 Å². The van der Waals surface area contributed by atoms with Gasteiger partial charge in [0.1, 0.15) is 23.1 Å². The van der Waals surface area contributed by atoms with Crippen LogP contribution in [0.2, 0.25) is 0 Å². The molecule has 51 heavy (non-hydrogen) atoms. The van der Waals surface area contributed by atoms with Crippen molar-refractivity contribution in [1.82, 2.24) is 5.32 Å². The van der Waals surface area contributed by atoms with Crippen LogP contribution in [0.4, 0.5) is 43.9 Å². The predicted octanol–water partition coefficient (Wildman–Crippen LogP) is 8.80. The Morgan fingerprint density at radius 3 is 1.63 bits per heavy atom. The zero-order valence-corrected chi connectivity index (χ0v) is 26.1. The highest BCUT2D eigenvalue weighted by Crippen LogP contribution is 2.40. The summed E-state index contributed by atoms with van der Waals surface area (Å²) in [6.07, 6.45) is -16.2. The van der Waals surface area contributed by atoms with E-state index in [-0.39, 0.29) is 28.5 Å². The highest BCUT2D eigenvalue weighted by Gasteiger charge is 2.41. The quantitative estimate of drug-likeness (QED) is 0.150. The van der Waals surface area contributed by atoms with Gasteiger partial charge in [0.2, 0.25) is 0 Å². The summed E-state index contributed by atoms with van der Waals surface area (Å²) in [4.78, 5) is 25.3. The highest BCUT2D eigenvalue weighted by molar-refractivity contribution is 5.95. The van der Waals surface area contributed by atoms with Gasteiger partial charge in [0.05, 0.1) is 11.1 Å². The van der Waals surface area contributed by atoms with Crippen molar-refractivity contribution in [3.8, 4) is 17.2 Å². The fourth-order valence-corrected chi connectivity index (χ4v) is 4.95. The third-order valence-corrected chi connectivity index (χ3v) is 7.26. The summed E-state index contributed by atoms with van der Waals surface area (Å²) in [5.41, 5.74) is -6.81. The number of halogens is 10. The van der Waals surface area contributed by atoms with Crippen LogP contribution < -0.4 is 19.5 Å². The molecule has 0 spiro atoms. The minimum absolute atomic E-state index is 0.0351. The molecule has 1 amide bonds. The largest absolute Gasteiger partial charge is 0.573 e. The third-order valence-electron chi connectivity index (χ3n) is 7.26. The van der Waals surface area contributed by atoms with Gasteiger partial charge in [-0.15, -0.1) is 26.3 Å². The third kappa shape index (κ3) is 9.82. The van der Waals surface area contributed by atoms with Crippen molar-refractivity contribution in [1.29, 1.82) is 0 Å². The Morgan fingerprint density at radius 2 is 1.18 bits per heavy atom. The monoisotopic (exact) mass is 733 g/mol. The second kappa shape index (κ2) is 14.0. The van der Waals surface area contributed by atoms with E-state index in [0.717, 1.165) is 36.4 Å². The highest BCUT2D eigenvalue weighted by atomic mass is 19.4. The van der Waals surface area contributed by atoms with E-state index >= 15 is 0 Å². The lowest BCUT2D eigenvalue weighted by atomic mass is 9.77. The number of benzene rings is 4. The van der Waals surface area contributed by atoms with Crippen LogP contribution in [0.1, 0.15) is 46.5 Å². The van der Waals surface area contributed by atoms with Crippen LogP contribution in [-0.2, 0) is 22.9 Å². The number of carboxylic acid groups (broad SMARTS) is 1. The van der Waals surface area contributed by atoms with Crippen LogP contribution in [0, 0.1) is 5.82 Å². The first-order valence-corrected chi connectivity index (χ1v) is 14.4. The van der Waals surface area contributed by atoms with Crippen molar-refractivity contribution in [3.05, 3.63) is 125 Å². The molecule has 0 fully saturated rings. The molecular formula is C34H25F10NO6. The van der Waals surface area contributed by atoms with Gasteiger partial charge in [-0.1, -0.05) is 36.4 Å². The molecule has 4 aromatic rings. The normalized spacial score (nSPS) is 12.6. The molecule has 0 radical (unpaired) electrons. The first-order valence-electron chi connectivity index (χ1n) is 14.4. The molecule has 0 aliphatic heterocycles. The van der Waals surface area contributed by atoms with E-state index in [2.05, 4.69) is 14.8 Å². The average molecular weight is 734 g/mol. The molecule has 17 heteroatoms. The van der Waals surface area contributed by atoms with Crippen molar-refractivity contribution < 1.29 is 72.8 Å². The molecule has 7 nitrogen and oxygen atoms in total. The van der Waals surface area contributed by atoms with Crippen LogP contribution in [0.15, 0.2) is 91.0 Å². The molecule has 0 aromatic heterocycles. The number of carbonyl (C=O) groups excluding carboxylic acids is 1. The smallest absolute Gasteiger partial charge is 0.478 e. The van der Waals surface area contributed by atoms with Gasteiger partial charge >= 0.3 is 24.9 Å². The van der Waals surface area contributed by atoms with Gasteiger partial charge in [0.25, 0.3) is 5.91 Å². The average Bonchev–Trinajstić information content (AvgIpc) is 2.99. The Bertz CT molecular complexity index is 1830. The lowest BCUT2D eigenvalue weighted by molar-refractivity contribution is -0.275. The van der Waals surface area contributed by atoms with Crippen molar-refractivity contribution >= 4 is 11.9 Å². The lowest BCUT2D eigenvalue weighted by Crippen LogP contribution is -2.48. The molecule has 0 heterocycles. The molecule has 0 bridgehead atoms. The number of carboxylic acids is 1. The van der Waals surface area contributed by atoms with Crippen LogP contribution in [0.3, 0.4) is 0 Å². The maximum absolute atomic E-state index is 14.1. The number of ether oxygens (including phenoxy) is 3. The zero-order valence-electron chi connectivity index (χ0n) is 26.1. The number of rotatable bonds is 11. The predicted molar refractivity (Wildman–Crippen MR) is 158 cm³/mol. The number of amides is 1. The first-order chi connectivity index (χ1) is 23.5. The van der Waals surface area contributed by atoms with Crippen LogP contribution in [-0.4, -0.2) is 35.3 Å². The molecular weight excluding hydrogens is 708 g/mol. The Labute approximate surface area is 282 Å². The first kappa shape index (κ1) is 38.3. The van der Waals surface area contributed by atoms with E-state index in [1.54, 1.807) is 0 Å². The zero-order chi connectivity index (χ0) is 38.0. The number of hydrogen-bond donors (Lipinski definition) is 2. The van der Waals surface area contributed by atoms with Gasteiger partial charge in [-0.25, -0.2) is 9.18 Å². The SMILES string of the molecule is CC(C)(Oc1ccc(CC(NC(=O)c2ccc(F)c(C(F)(F)F)c2)(c2cccc(OC(F)(F)F)c2)c2cccc(OC(F)(F)F)c2)cc1)C(=O)O. The summed E-state index contributed by atoms with van der Waals surface area (Å²) in [5.74, 6) is -6.00. The Balaban J connectivity index is 1.96. The van der Waals surface area contributed by atoms with E-state index < -0.39 is 76.8 Å². The fraction of sp³-hybridized carbons (Fsp3) is 0.235. The minimum atomic E-state index is -5.25. The summed E-state index contributed by atoms with van der Waals surface area (Å²) in [6.45, 7) is 2.52. The van der Waals surface area contributed by atoms with Gasteiger partial charge in [0.15, 0.2) is 5.60 Å². The number of aliphatic carboxylic acids is 1. The van der Waals surface area contributed by atoms with Crippen LogP contribution >= 0.6 is 0 Å². The molecule has 0 saturated heterocycles. The maximum atomic E-state index is 14.1. The maximum Gasteiger partial charge on any atom is 0.573 e. The van der Waals surface area contributed by atoms with Gasteiger partial charge in [0, 0.05) is 12.0 Å². The molecule has 2 N–H and O–H groups in total. The van der Waals surface area contributed by atoms with E-state index in [9.17, 15) is 58.6 Å². The molecule has 0 aliphatic rings. The Hall–Kier alpha value is -5.48. The Kier molecular flexibility index (Phi) is 10.5. The van der Waals surface area contributed by atoms with Crippen molar-refractivity contribution in [2.75, 3.05) is 0 Å². The van der Waals surface area contributed by atoms with Crippen molar-refractivity contribution in [3.63, 3.8) is 0 Å². The van der Waals surface area contributed by atoms with Crippen molar-refractivity contribution in [2.45, 2.75) is 50.3 Å². The minimum Gasteiger partial charge on any atom is -0.478 e. The molecule has 0 saturated carbocycles. The van der Waals surface area contributed by atoms with Gasteiger partial charge in [-0.2, -0.15) is 13.2 Å². The van der Waals surface area contributed by atoms with E-state index in [1.807, 2.05) is 0 Å². The van der Waals surface area contributed by atoms with E-state index in [4.69, 9.17) is 4.74 Å². The molecule has 4 rings (SSSR count). The van der Waals surface area contributed by atoms with Crippen molar-refractivity contribution in [2.24, 2.45) is 0 Å². The number of carbonyl (C=O) groups is 2. The summed E-state index contributed by atoms with van der Waals surface area (Å²) in [7, 11) is 0. The standard InChI is InChI=1S/C34H25F10NO6/c1-30(2,29(47)48)49-23-12-9-19(10-13-23)18-31(21-5-3-7-24(16-21)50-33(39,40)41,22-6-4-8-25(17-22)51-34(42,43)44)45-28(46)20-11-14-27(35)26(15-20)32(36,37)38/h3-17H,18H2,1-2H3,(H,45,46)(H,47,48). The fourth-order valence-electron chi connectivity index (χ4n) is 4.95. The summed E-state index contributed by atoms with van der Waals surface area (Å²) >= 11 is 0. The molecule has 0 aliphatic carbocycles. The Morgan fingerprint density at radius 1 is 0.667 bits per heavy atom. The lowest BCUT2D eigenvalue weighted by Gasteiger charge is -2.37. The summed E-state index contributed by atoms with van der Waals surface area (Å²) in [6, 6.07) is 14.4. The second-order valence-corrected chi connectivity index (χ2v) is 11.4. The van der Waals surface area contributed by atoms with Gasteiger partial charge < -0.3 is 24.6 Å². The molecule has 272 valence electrons. The van der Waals surface area contributed by atoms with Crippen LogP contribution in [0.5, 0.6) is 17.2 Å². The molecule has 0 atom stereocenters. The van der Waals surface area contributed by atoms with Crippen LogP contribution in [0.25, 0.3) is 0 Å². The van der Waals surface area contributed by atoms with E-state index in [1.165, 1.54) is 50.2 Å². The van der Waals surface area contributed by atoms with E-state index in [0.29, 0.717) is 12.1 Å². The summed E-state index contributed by atoms with van der Waals surface area (Å²) in [5, 5.41) is 11.9. The second-order valence-electron chi connectivity index (χ2n) is 11.4. The van der Waals surface area contributed by atoms with Gasteiger partial charge in [-0.3, -0.25) is 4.79 Å². The topological polar surface area (TPSA) is 94.1 Å².